The van der Waals surface area contributed by atoms with Gasteiger partial charge in [-0.2, -0.15) is 15.4 Å². The molecule has 0 saturated heterocycles. The fourth-order valence-electron chi connectivity index (χ4n) is 1.58. The molecule has 98 valence electrons. The highest BCUT2D eigenvalue weighted by Gasteiger charge is 2.25. The van der Waals surface area contributed by atoms with Crippen LogP contribution in [0.4, 0.5) is 0 Å². The van der Waals surface area contributed by atoms with E-state index in [1.165, 1.54) is 12.1 Å². The molecular weight excluding hydrogens is 294 g/mol. The number of benzene rings is 1. The first-order valence-electron chi connectivity index (χ1n) is 4.98. The number of amides is 1. The number of hydrogen-bond donors (Lipinski definition) is 4. The molecule has 0 aliphatic carbocycles. The largest absolute Gasteiger partial charge is 0.491 e. The van der Waals surface area contributed by atoms with E-state index in [-0.39, 0.29) is 32.5 Å². The van der Waals surface area contributed by atoms with Crippen LogP contribution >= 0.6 is 23.2 Å². The third kappa shape index (κ3) is 2.43. The molecule has 0 spiro atoms. The van der Waals surface area contributed by atoms with Crippen molar-refractivity contribution in [2.24, 2.45) is 5.73 Å². The molecule has 1 aromatic carbocycles. The van der Waals surface area contributed by atoms with Crippen molar-refractivity contribution in [3.05, 3.63) is 27.9 Å². The Hall–Kier alpha value is -1.61. The molecule has 0 atom stereocenters. The fourth-order valence-corrected chi connectivity index (χ4v) is 2.23. The van der Waals surface area contributed by atoms with Gasteiger partial charge in [0.2, 0.25) is 0 Å². The number of primary amides is 1. The summed E-state index contributed by atoms with van der Waals surface area (Å²) in [5.74, 6) is -0.791. The summed E-state index contributed by atoms with van der Waals surface area (Å²) in [7, 11) is -1.86. The summed E-state index contributed by atoms with van der Waals surface area (Å²) in [6, 6.07) is 2.87. The van der Waals surface area contributed by atoms with E-state index >= 15 is 0 Å². The molecule has 0 aliphatic rings. The maximum absolute atomic E-state index is 11.2. The molecule has 5 N–H and O–H groups in total. The number of nitrogens with one attached hydrogen (secondary N) is 1. The molecule has 0 bridgehead atoms. The molecule has 2 aromatic rings. The molecule has 7 nitrogen and oxygen atoms in total. The summed E-state index contributed by atoms with van der Waals surface area (Å²) in [5, 5.41) is 28.1. The van der Waals surface area contributed by atoms with Gasteiger partial charge in [-0.25, -0.2) is 0 Å². The highest BCUT2D eigenvalue weighted by molar-refractivity contribution is 6.67. The molecular formula is C9H7BCl2N4O3. The molecule has 0 fully saturated rings. The lowest BCUT2D eigenvalue weighted by molar-refractivity contribution is 0.0996. The molecule has 19 heavy (non-hydrogen) atoms. The Labute approximate surface area is 117 Å². The van der Waals surface area contributed by atoms with Crippen LogP contribution in [0.25, 0.3) is 11.3 Å². The van der Waals surface area contributed by atoms with Crippen LogP contribution in [-0.4, -0.2) is 38.5 Å². The van der Waals surface area contributed by atoms with E-state index < -0.39 is 13.0 Å². The number of rotatable bonds is 3. The lowest BCUT2D eigenvalue weighted by Gasteiger charge is -2.09. The summed E-state index contributed by atoms with van der Waals surface area (Å²) in [6.07, 6.45) is 0. The van der Waals surface area contributed by atoms with Crippen molar-refractivity contribution in [1.82, 2.24) is 15.4 Å². The number of halogens is 2. The van der Waals surface area contributed by atoms with Gasteiger partial charge >= 0.3 is 7.12 Å². The molecule has 10 heteroatoms. The number of carbonyl (C=O) groups is 1. The summed E-state index contributed by atoms with van der Waals surface area (Å²) >= 11 is 11.9. The fraction of sp³-hybridized carbons (Fsp3) is 0. The number of nitrogens with two attached hydrogens (primary N) is 1. The second kappa shape index (κ2) is 5.18. The van der Waals surface area contributed by atoms with Gasteiger partial charge in [-0.05, 0) is 12.1 Å². The zero-order chi connectivity index (χ0) is 14.2. The topological polar surface area (TPSA) is 125 Å². The second-order valence-electron chi connectivity index (χ2n) is 3.58. The van der Waals surface area contributed by atoms with Gasteiger partial charge in [0.1, 0.15) is 5.69 Å². The van der Waals surface area contributed by atoms with Crippen molar-refractivity contribution in [2.75, 3.05) is 0 Å². The van der Waals surface area contributed by atoms with Gasteiger partial charge in [0, 0.05) is 16.0 Å². The van der Waals surface area contributed by atoms with Crippen molar-refractivity contribution in [3.63, 3.8) is 0 Å². The van der Waals surface area contributed by atoms with Gasteiger partial charge < -0.3 is 15.8 Å². The van der Waals surface area contributed by atoms with Crippen LogP contribution in [0.1, 0.15) is 10.5 Å². The summed E-state index contributed by atoms with van der Waals surface area (Å²) < 4.78 is 0. The lowest BCUT2D eigenvalue weighted by Crippen LogP contribution is -2.32. The maximum Gasteiger partial charge on any atom is 0.491 e. The minimum absolute atomic E-state index is 0.0427. The number of aromatic amines is 1. The Balaban J connectivity index is 2.67. The molecule has 0 aliphatic heterocycles. The van der Waals surface area contributed by atoms with Crippen LogP contribution in [0.2, 0.25) is 10.0 Å². The quantitative estimate of drug-likeness (QED) is 0.572. The minimum atomic E-state index is -1.86. The maximum atomic E-state index is 11.2. The third-order valence-corrected chi connectivity index (χ3v) is 3.16. The number of hydrogen-bond acceptors (Lipinski definition) is 5. The molecule has 2 rings (SSSR count). The van der Waals surface area contributed by atoms with Crippen LogP contribution in [0.5, 0.6) is 0 Å². The molecule has 1 aromatic heterocycles. The van der Waals surface area contributed by atoms with Gasteiger partial charge in [-0.1, -0.05) is 23.2 Å². The van der Waals surface area contributed by atoms with Crippen molar-refractivity contribution < 1.29 is 14.8 Å². The first-order chi connectivity index (χ1) is 8.93. The molecule has 0 unspecified atom stereocenters. The predicted octanol–water partition coefficient (Wildman–Crippen LogP) is -0.443. The summed E-state index contributed by atoms with van der Waals surface area (Å²) in [4.78, 5) is 11.2. The summed E-state index contributed by atoms with van der Waals surface area (Å²) in [6.45, 7) is 0. The van der Waals surface area contributed by atoms with Crippen molar-refractivity contribution in [2.45, 2.75) is 0 Å². The molecule has 0 saturated carbocycles. The van der Waals surface area contributed by atoms with Crippen molar-refractivity contribution in [1.29, 1.82) is 0 Å². The van der Waals surface area contributed by atoms with E-state index in [4.69, 9.17) is 28.9 Å². The van der Waals surface area contributed by atoms with Crippen LogP contribution < -0.4 is 11.2 Å². The zero-order valence-corrected chi connectivity index (χ0v) is 10.8. The SMILES string of the molecule is NC(=O)c1n[nH]nc1-c1ccc(Cl)c(B(O)O)c1Cl. The average Bonchev–Trinajstić information content (AvgIpc) is 2.77. The first-order valence-corrected chi connectivity index (χ1v) is 5.74. The third-order valence-electron chi connectivity index (χ3n) is 2.42. The van der Waals surface area contributed by atoms with Gasteiger partial charge in [-0.3, -0.25) is 4.79 Å². The van der Waals surface area contributed by atoms with Crippen LogP contribution in [0.15, 0.2) is 12.1 Å². The van der Waals surface area contributed by atoms with Gasteiger partial charge in [-0.15, -0.1) is 0 Å². The van der Waals surface area contributed by atoms with Crippen LogP contribution in [0.3, 0.4) is 0 Å². The molecule has 0 radical (unpaired) electrons. The Morgan fingerprint density at radius 1 is 1.32 bits per heavy atom. The lowest BCUT2D eigenvalue weighted by atomic mass is 9.79. The second-order valence-corrected chi connectivity index (χ2v) is 4.37. The number of aromatic nitrogens is 3. The Bertz CT molecular complexity index is 646. The number of H-pyrrole nitrogens is 1. The smallest absolute Gasteiger partial charge is 0.423 e. The minimum Gasteiger partial charge on any atom is -0.423 e. The number of nitrogens with zero attached hydrogens (tertiary/aromatic N) is 2. The zero-order valence-electron chi connectivity index (χ0n) is 9.26. The van der Waals surface area contributed by atoms with Crippen molar-refractivity contribution in [3.8, 4) is 11.3 Å². The first kappa shape index (κ1) is 13.8. The monoisotopic (exact) mass is 300 g/mol. The Morgan fingerprint density at radius 3 is 2.58 bits per heavy atom. The Kier molecular flexibility index (Phi) is 3.77. The average molecular weight is 301 g/mol. The van der Waals surface area contributed by atoms with Crippen LogP contribution in [-0.2, 0) is 0 Å². The molecule has 1 heterocycles. The van der Waals surface area contributed by atoms with E-state index in [2.05, 4.69) is 15.4 Å². The van der Waals surface area contributed by atoms with Gasteiger partial charge in [0.15, 0.2) is 5.69 Å². The highest BCUT2D eigenvalue weighted by Crippen LogP contribution is 2.29. The Morgan fingerprint density at radius 2 is 2.00 bits per heavy atom. The van der Waals surface area contributed by atoms with Crippen molar-refractivity contribution >= 4 is 41.7 Å². The summed E-state index contributed by atoms with van der Waals surface area (Å²) in [5.41, 5.74) is 5.32. The van der Waals surface area contributed by atoms with Gasteiger partial charge in [0.25, 0.3) is 5.91 Å². The molecule has 1 amide bonds. The highest BCUT2D eigenvalue weighted by atomic mass is 35.5. The van der Waals surface area contributed by atoms with E-state index in [1.807, 2.05) is 0 Å². The van der Waals surface area contributed by atoms with Crippen LogP contribution in [0, 0.1) is 0 Å². The van der Waals surface area contributed by atoms with E-state index in [0.717, 1.165) is 0 Å². The van der Waals surface area contributed by atoms with E-state index in [9.17, 15) is 14.8 Å². The van der Waals surface area contributed by atoms with E-state index in [1.54, 1.807) is 0 Å². The number of carbonyl (C=O) groups excluding carboxylic acids is 1. The predicted molar refractivity (Wildman–Crippen MR) is 70.2 cm³/mol. The van der Waals surface area contributed by atoms with Gasteiger partial charge in [0.05, 0.1) is 5.02 Å². The van der Waals surface area contributed by atoms with E-state index in [0.29, 0.717) is 0 Å². The normalized spacial score (nSPS) is 10.5. The standard InChI is InChI=1S/C9H7BCl2N4O3/c11-4-2-1-3(6(12)5(4)10(18)19)7-8(9(13)17)15-16-14-7/h1-2,18-19H,(H2,13,17)(H,14,15,16).